The minimum Gasteiger partial charge on any atom is -0.497 e. The molecule has 2 heterocycles. The Morgan fingerprint density at radius 1 is 1.21 bits per heavy atom. The topological polar surface area (TPSA) is 88.3 Å². The molecule has 0 spiro atoms. The average molecular weight is 399 g/mol. The second-order valence-electron chi connectivity index (χ2n) is 7.42. The zero-order valence-corrected chi connectivity index (χ0v) is 17.8. The van der Waals surface area contributed by atoms with Crippen molar-refractivity contribution in [3.63, 3.8) is 0 Å². The Morgan fingerprint density at radius 2 is 1.93 bits per heavy atom. The molecule has 0 aliphatic carbocycles. The van der Waals surface area contributed by atoms with Gasteiger partial charge in [-0.25, -0.2) is 4.98 Å². The lowest BCUT2D eigenvalue weighted by Crippen LogP contribution is -2.25. The van der Waals surface area contributed by atoms with E-state index in [1.165, 1.54) is 0 Å². The van der Waals surface area contributed by atoms with Crippen LogP contribution in [0.4, 0.5) is 11.8 Å². The highest BCUT2D eigenvalue weighted by Crippen LogP contribution is 2.27. The zero-order valence-electron chi connectivity index (χ0n) is 17.8. The number of benzene rings is 1. The number of anilines is 2. The van der Waals surface area contributed by atoms with Crippen molar-refractivity contribution in [2.75, 3.05) is 31.0 Å². The maximum atomic E-state index is 9.56. The summed E-state index contributed by atoms with van der Waals surface area (Å²) in [6.07, 6.45) is 2.58. The van der Waals surface area contributed by atoms with E-state index in [1.807, 2.05) is 49.1 Å². The third-order valence-corrected chi connectivity index (χ3v) is 4.95. The van der Waals surface area contributed by atoms with Gasteiger partial charge in [0.05, 0.1) is 26.1 Å². The van der Waals surface area contributed by atoms with E-state index >= 15 is 0 Å². The molecule has 1 atom stereocenters. The molecule has 29 heavy (non-hydrogen) atoms. The van der Waals surface area contributed by atoms with E-state index in [0.29, 0.717) is 12.5 Å². The monoisotopic (exact) mass is 398 g/mol. The van der Waals surface area contributed by atoms with Gasteiger partial charge in [0.2, 0.25) is 5.95 Å². The number of nitrogens with one attached hydrogen (secondary N) is 1. The fraction of sp³-hybridized carbons (Fsp3) is 0.476. The molecule has 156 valence electrons. The number of fused-ring (bicyclic) bond motifs is 1. The molecule has 0 bridgehead atoms. The number of aliphatic hydroxyl groups is 1. The van der Waals surface area contributed by atoms with Crippen LogP contribution in [0.2, 0.25) is 0 Å². The van der Waals surface area contributed by atoms with Crippen LogP contribution < -0.4 is 15.0 Å². The van der Waals surface area contributed by atoms with Gasteiger partial charge in [0, 0.05) is 19.6 Å². The highest BCUT2D eigenvalue weighted by molar-refractivity contribution is 5.85. The number of aliphatic hydroxyl groups excluding tert-OH is 1. The quantitative estimate of drug-likeness (QED) is 0.572. The van der Waals surface area contributed by atoms with Crippen molar-refractivity contribution < 1.29 is 9.84 Å². The molecule has 0 fully saturated rings. The molecule has 0 amide bonds. The van der Waals surface area contributed by atoms with Crippen molar-refractivity contribution in [2.45, 2.75) is 45.8 Å². The first-order chi connectivity index (χ1) is 14.0. The summed E-state index contributed by atoms with van der Waals surface area (Å²) in [5.41, 5.74) is 2.68. The number of hydrogen-bond acceptors (Lipinski definition) is 7. The molecule has 1 unspecified atom stereocenters. The number of nitrogens with zero attached hydrogens (tertiary/aromatic N) is 5. The van der Waals surface area contributed by atoms with Crippen LogP contribution in [-0.2, 0) is 6.54 Å². The Labute approximate surface area is 171 Å². The fourth-order valence-electron chi connectivity index (χ4n) is 3.15. The number of ether oxygens (including phenoxy) is 1. The fourth-order valence-corrected chi connectivity index (χ4v) is 3.15. The van der Waals surface area contributed by atoms with Crippen LogP contribution in [0.5, 0.6) is 5.75 Å². The Balaban J connectivity index is 1.99. The van der Waals surface area contributed by atoms with Crippen LogP contribution in [0.1, 0.15) is 38.8 Å². The van der Waals surface area contributed by atoms with Gasteiger partial charge in [0.1, 0.15) is 5.75 Å². The summed E-state index contributed by atoms with van der Waals surface area (Å²) in [6.45, 7) is 6.90. The van der Waals surface area contributed by atoms with Crippen molar-refractivity contribution in [1.82, 2.24) is 19.5 Å². The molecule has 8 heteroatoms. The second-order valence-corrected chi connectivity index (χ2v) is 7.42. The molecule has 3 aromatic rings. The van der Waals surface area contributed by atoms with Crippen LogP contribution >= 0.6 is 0 Å². The summed E-state index contributed by atoms with van der Waals surface area (Å²) >= 11 is 0. The number of imidazole rings is 1. The molecule has 8 nitrogen and oxygen atoms in total. The third-order valence-electron chi connectivity index (χ3n) is 4.95. The predicted molar refractivity (Wildman–Crippen MR) is 116 cm³/mol. The third kappa shape index (κ3) is 4.59. The Hall–Kier alpha value is -2.87. The van der Waals surface area contributed by atoms with Gasteiger partial charge in [-0.1, -0.05) is 19.1 Å². The van der Waals surface area contributed by atoms with Gasteiger partial charge in [-0.05, 0) is 38.0 Å². The first-order valence-corrected chi connectivity index (χ1v) is 9.92. The van der Waals surface area contributed by atoms with Gasteiger partial charge < -0.3 is 24.6 Å². The van der Waals surface area contributed by atoms with E-state index in [2.05, 4.69) is 34.0 Å². The zero-order chi connectivity index (χ0) is 21.0. The number of hydrogen-bond donors (Lipinski definition) is 2. The summed E-state index contributed by atoms with van der Waals surface area (Å²) in [7, 11) is 3.65. The van der Waals surface area contributed by atoms with E-state index in [-0.39, 0.29) is 18.7 Å². The van der Waals surface area contributed by atoms with Crippen LogP contribution in [0, 0.1) is 0 Å². The smallest absolute Gasteiger partial charge is 0.227 e. The molecular formula is C21H30N6O2. The largest absolute Gasteiger partial charge is 0.497 e. The van der Waals surface area contributed by atoms with Gasteiger partial charge in [-0.3, -0.25) is 0 Å². The van der Waals surface area contributed by atoms with Crippen molar-refractivity contribution in [3.8, 4) is 5.75 Å². The number of rotatable bonds is 9. The van der Waals surface area contributed by atoms with Crippen molar-refractivity contribution in [2.24, 2.45) is 0 Å². The maximum absolute atomic E-state index is 9.56. The maximum Gasteiger partial charge on any atom is 0.227 e. The lowest BCUT2D eigenvalue weighted by atomic mass is 10.2. The lowest BCUT2D eigenvalue weighted by Gasteiger charge is -2.21. The minimum atomic E-state index is -0.0948. The van der Waals surface area contributed by atoms with Gasteiger partial charge in [0.25, 0.3) is 0 Å². The van der Waals surface area contributed by atoms with Gasteiger partial charge in [-0.15, -0.1) is 0 Å². The van der Waals surface area contributed by atoms with Crippen LogP contribution in [0.3, 0.4) is 0 Å². The molecule has 0 saturated heterocycles. The SMILES string of the molecule is CCC(CO)Nc1nc(N(C)Cc2ccc(OC)cc2)c2ncn(C(C)C)c2n1. The van der Waals surface area contributed by atoms with Gasteiger partial charge >= 0.3 is 0 Å². The summed E-state index contributed by atoms with van der Waals surface area (Å²) in [6, 6.07) is 8.11. The molecule has 3 rings (SSSR count). The average Bonchev–Trinajstić information content (AvgIpc) is 3.16. The van der Waals surface area contributed by atoms with Gasteiger partial charge in [0.15, 0.2) is 17.0 Å². The predicted octanol–water partition coefficient (Wildman–Crippen LogP) is 3.24. The Morgan fingerprint density at radius 3 is 2.52 bits per heavy atom. The first kappa shape index (κ1) is 20.9. The van der Waals surface area contributed by atoms with E-state index in [1.54, 1.807) is 7.11 Å². The van der Waals surface area contributed by atoms with Gasteiger partial charge in [-0.2, -0.15) is 9.97 Å². The first-order valence-electron chi connectivity index (χ1n) is 9.92. The summed E-state index contributed by atoms with van der Waals surface area (Å²) in [4.78, 5) is 16.1. The number of methoxy groups -OCH3 is 1. The number of aromatic nitrogens is 4. The van der Waals surface area contributed by atoms with E-state index in [9.17, 15) is 5.11 Å². The molecule has 0 saturated carbocycles. The Bertz CT molecular complexity index is 934. The Kier molecular flexibility index (Phi) is 6.53. The van der Waals surface area contributed by atoms with Crippen LogP contribution in [0.25, 0.3) is 11.2 Å². The molecular weight excluding hydrogens is 368 g/mol. The van der Waals surface area contributed by atoms with E-state index in [0.717, 1.165) is 34.7 Å². The van der Waals surface area contributed by atoms with Crippen molar-refractivity contribution in [1.29, 1.82) is 0 Å². The van der Waals surface area contributed by atoms with Crippen LogP contribution in [0.15, 0.2) is 30.6 Å². The summed E-state index contributed by atoms with van der Waals surface area (Å²) in [5.74, 6) is 2.08. The molecule has 0 radical (unpaired) electrons. The summed E-state index contributed by atoms with van der Waals surface area (Å²) in [5, 5.41) is 12.8. The second kappa shape index (κ2) is 9.09. The molecule has 0 aliphatic rings. The normalized spacial score (nSPS) is 12.4. The molecule has 0 aliphatic heterocycles. The van der Waals surface area contributed by atoms with Crippen LogP contribution in [-0.4, -0.2) is 51.4 Å². The van der Waals surface area contributed by atoms with E-state index < -0.39 is 0 Å². The minimum absolute atomic E-state index is 0.0262. The molecule has 2 N–H and O–H groups in total. The summed E-state index contributed by atoms with van der Waals surface area (Å²) < 4.78 is 7.27. The van der Waals surface area contributed by atoms with Crippen molar-refractivity contribution >= 4 is 22.9 Å². The van der Waals surface area contributed by atoms with E-state index in [4.69, 9.17) is 9.72 Å². The van der Waals surface area contributed by atoms with Crippen molar-refractivity contribution in [3.05, 3.63) is 36.2 Å². The highest BCUT2D eigenvalue weighted by atomic mass is 16.5. The standard InChI is InChI=1S/C21H30N6O2/c1-6-16(12-28)23-21-24-19(18-20(25-21)27(13-22-18)14(2)3)26(4)11-15-7-9-17(29-5)10-8-15/h7-10,13-14,16,28H,6,11-12H2,1-5H3,(H,23,24,25). The lowest BCUT2D eigenvalue weighted by molar-refractivity contribution is 0.271. The molecule has 2 aromatic heterocycles. The molecule has 1 aromatic carbocycles. The highest BCUT2D eigenvalue weighted by Gasteiger charge is 2.19.